The normalized spacial score (nSPS) is 12.2. The lowest BCUT2D eigenvalue weighted by Crippen LogP contribution is -2.41. The number of likely N-dealkylation sites (N-methyl/N-ethyl adjacent to an activating group) is 1. The zero-order valence-electron chi connectivity index (χ0n) is 8.42. The first kappa shape index (κ1) is 11.5. The minimum absolute atomic E-state index is 0.165. The van der Waals surface area contributed by atoms with Crippen molar-refractivity contribution in [2.75, 3.05) is 7.05 Å². The number of nitrogens with two attached hydrogens (primary N) is 1. The average Bonchev–Trinajstić information content (AvgIpc) is 2.20. The molecule has 15 heavy (non-hydrogen) atoms. The second kappa shape index (κ2) is 4.77. The van der Waals surface area contributed by atoms with Crippen LogP contribution in [0.1, 0.15) is 5.56 Å². The van der Waals surface area contributed by atoms with Gasteiger partial charge < -0.3 is 10.8 Å². The topological polar surface area (TPSA) is 86.8 Å². The highest BCUT2D eigenvalue weighted by Crippen LogP contribution is 2.11. The van der Waals surface area contributed by atoms with Crippen molar-refractivity contribution in [1.82, 2.24) is 5.06 Å². The van der Waals surface area contributed by atoms with Gasteiger partial charge in [0.15, 0.2) is 0 Å². The van der Waals surface area contributed by atoms with Gasteiger partial charge in [-0.05, 0) is 24.1 Å². The van der Waals surface area contributed by atoms with E-state index in [1.807, 2.05) is 0 Å². The van der Waals surface area contributed by atoms with E-state index in [9.17, 15) is 4.79 Å². The van der Waals surface area contributed by atoms with Gasteiger partial charge >= 0.3 is 0 Å². The molecular formula is C10H14N2O3. The van der Waals surface area contributed by atoms with Gasteiger partial charge in [0, 0.05) is 7.05 Å². The lowest BCUT2D eigenvalue weighted by molar-refractivity contribution is -0.160. The van der Waals surface area contributed by atoms with Crippen molar-refractivity contribution in [1.29, 1.82) is 0 Å². The summed E-state index contributed by atoms with van der Waals surface area (Å²) in [5.41, 5.74) is 6.40. The summed E-state index contributed by atoms with van der Waals surface area (Å²) in [5, 5.41) is 18.4. The van der Waals surface area contributed by atoms with Crippen LogP contribution in [0.3, 0.4) is 0 Å². The molecule has 0 spiro atoms. The number of aromatic hydroxyl groups is 1. The average molecular weight is 210 g/mol. The van der Waals surface area contributed by atoms with E-state index in [-0.39, 0.29) is 5.75 Å². The maximum atomic E-state index is 11.2. The van der Waals surface area contributed by atoms with Crippen LogP contribution in [0.4, 0.5) is 0 Å². The fourth-order valence-corrected chi connectivity index (χ4v) is 1.21. The molecule has 4 N–H and O–H groups in total. The Labute approximate surface area is 87.7 Å². The Kier molecular flexibility index (Phi) is 3.65. The number of carbonyl (C=O) groups excluding carboxylic acids is 1. The highest BCUT2D eigenvalue weighted by Gasteiger charge is 2.16. The molecule has 0 fully saturated rings. The largest absolute Gasteiger partial charge is 0.508 e. The maximum absolute atomic E-state index is 11.2. The summed E-state index contributed by atoms with van der Waals surface area (Å²) in [7, 11) is 1.24. The van der Waals surface area contributed by atoms with Crippen molar-refractivity contribution in [2.24, 2.45) is 5.73 Å². The molecule has 0 saturated carbocycles. The fourth-order valence-electron chi connectivity index (χ4n) is 1.21. The molecule has 5 nitrogen and oxygen atoms in total. The summed E-state index contributed by atoms with van der Waals surface area (Å²) < 4.78 is 0. The minimum Gasteiger partial charge on any atom is -0.508 e. The van der Waals surface area contributed by atoms with Crippen LogP contribution in [0.2, 0.25) is 0 Å². The fraction of sp³-hybridized carbons (Fsp3) is 0.300. The maximum Gasteiger partial charge on any atom is 0.262 e. The molecule has 0 unspecified atom stereocenters. The quantitative estimate of drug-likeness (QED) is 0.488. The third kappa shape index (κ3) is 3.23. The van der Waals surface area contributed by atoms with Crippen LogP contribution in [0.25, 0.3) is 0 Å². The number of hydrogen-bond acceptors (Lipinski definition) is 4. The SMILES string of the molecule is CN(O)C(=O)[C@@H](N)Cc1ccc(O)cc1. The van der Waals surface area contributed by atoms with Crippen molar-refractivity contribution in [3.05, 3.63) is 29.8 Å². The van der Waals surface area contributed by atoms with Crippen molar-refractivity contribution in [2.45, 2.75) is 12.5 Å². The summed E-state index contributed by atoms with van der Waals surface area (Å²) in [6, 6.07) is 5.63. The van der Waals surface area contributed by atoms with Crippen molar-refractivity contribution >= 4 is 5.91 Å². The standard InChI is InChI=1S/C10H14N2O3/c1-12(15)10(14)9(11)6-7-2-4-8(13)5-3-7/h2-5,9,13,15H,6,11H2,1H3/t9-/m0/s1. The van der Waals surface area contributed by atoms with Gasteiger partial charge in [-0.3, -0.25) is 10.0 Å². The molecule has 1 rings (SSSR count). The van der Waals surface area contributed by atoms with Gasteiger partial charge in [-0.25, -0.2) is 5.06 Å². The molecule has 1 aromatic carbocycles. The third-order valence-corrected chi connectivity index (χ3v) is 2.03. The zero-order chi connectivity index (χ0) is 11.4. The van der Waals surface area contributed by atoms with Crippen LogP contribution in [-0.2, 0) is 11.2 Å². The molecule has 82 valence electrons. The molecule has 5 heteroatoms. The van der Waals surface area contributed by atoms with Crippen LogP contribution in [-0.4, -0.2) is 34.4 Å². The van der Waals surface area contributed by atoms with Crippen molar-refractivity contribution < 1.29 is 15.1 Å². The Hall–Kier alpha value is -1.59. The number of hydroxylamine groups is 2. The summed E-state index contributed by atoms with van der Waals surface area (Å²) in [6.07, 6.45) is 0.323. The second-order valence-corrected chi connectivity index (χ2v) is 3.34. The van der Waals surface area contributed by atoms with Crippen molar-refractivity contribution in [3.8, 4) is 5.75 Å². The molecule has 0 bridgehead atoms. The van der Waals surface area contributed by atoms with E-state index >= 15 is 0 Å². The number of phenols is 1. The Morgan fingerprint density at radius 2 is 2.00 bits per heavy atom. The third-order valence-electron chi connectivity index (χ3n) is 2.03. The van der Waals surface area contributed by atoms with Gasteiger partial charge in [-0.2, -0.15) is 0 Å². The Balaban J connectivity index is 2.62. The van der Waals surface area contributed by atoms with E-state index in [2.05, 4.69) is 0 Å². The van der Waals surface area contributed by atoms with E-state index in [1.165, 1.54) is 19.2 Å². The molecule has 1 amide bonds. The smallest absolute Gasteiger partial charge is 0.262 e. The molecule has 0 aliphatic heterocycles. The Bertz CT molecular complexity index is 335. The summed E-state index contributed by atoms with van der Waals surface area (Å²) in [4.78, 5) is 11.2. The summed E-state index contributed by atoms with van der Waals surface area (Å²) >= 11 is 0. The molecule has 1 atom stereocenters. The molecular weight excluding hydrogens is 196 g/mol. The van der Waals surface area contributed by atoms with Crippen LogP contribution >= 0.6 is 0 Å². The molecule has 1 aromatic rings. The first-order valence-electron chi connectivity index (χ1n) is 4.50. The van der Waals surface area contributed by atoms with Gasteiger partial charge in [0.1, 0.15) is 5.75 Å². The van der Waals surface area contributed by atoms with Gasteiger partial charge in [-0.15, -0.1) is 0 Å². The summed E-state index contributed by atoms with van der Waals surface area (Å²) in [5.74, 6) is -0.374. The number of carbonyl (C=O) groups is 1. The number of amides is 1. The van der Waals surface area contributed by atoms with E-state index < -0.39 is 11.9 Å². The predicted octanol–water partition coefficient (Wildman–Crippen LogP) is 0.110. The molecule has 0 aliphatic rings. The predicted molar refractivity (Wildman–Crippen MR) is 54.3 cm³/mol. The molecule has 0 saturated heterocycles. The number of nitrogens with zero attached hydrogens (tertiary/aromatic N) is 1. The van der Waals surface area contributed by atoms with E-state index in [4.69, 9.17) is 16.0 Å². The number of rotatable bonds is 3. The Morgan fingerprint density at radius 3 is 2.47 bits per heavy atom. The highest BCUT2D eigenvalue weighted by molar-refractivity contribution is 5.80. The van der Waals surface area contributed by atoms with Crippen LogP contribution in [0, 0.1) is 0 Å². The van der Waals surface area contributed by atoms with Gasteiger partial charge in [-0.1, -0.05) is 12.1 Å². The van der Waals surface area contributed by atoms with Gasteiger partial charge in [0.25, 0.3) is 5.91 Å². The number of benzene rings is 1. The van der Waals surface area contributed by atoms with Crippen LogP contribution in [0.15, 0.2) is 24.3 Å². The molecule has 0 aliphatic carbocycles. The van der Waals surface area contributed by atoms with Crippen LogP contribution < -0.4 is 5.73 Å². The van der Waals surface area contributed by atoms with Crippen LogP contribution in [0.5, 0.6) is 5.75 Å². The molecule has 0 radical (unpaired) electrons. The van der Waals surface area contributed by atoms with Gasteiger partial charge in [0.05, 0.1) is 6.04 Å². The lowest BCUT2D eigenvalue weighted by Gasteiger charge is -2.14. The highest BCUT2D eigenvalue weighted by atomic mass is 16.5. The van der Waals surface area contributed by atoms with Gasteiger partial charge in [0.2, 0.25) is 0 Å². The monoisotopic (exact) mass is 210 g/mol. The number of phenolic OH excluding ortho intramolecular Hbond substituents is 1. The number of hydrogen-bond donors (Lipinski definition) is 3. The van der Waals surface area contributed by atoms with E-state index in [1.54, 1.807) is 12.1 Å². The second-order valence-electron chi connectivity index (χ2n) is 3.34. The van der Waals surface area contributed by atoms with E-state index in [0.717, 1.165) is 5.56 Å². The molecule has 0 heterocycles. The first-order valence-corrected chi connectivity index (χ1v) is 4.50. The lowest BCUT2D eigenvalue weighted by atomic mass is 10.1. The molecule has 0 aromatic heterocycles. The van der Waals surface area contributed by atoms with Crippen molar-refractivity contribution in [3.63, 3.8) is 0 Å². The minimum atomic E-state index is -0.774. The zero-order valence-corrected chi connectivity index (χ0v) is 8.42. The first-order chi connectivity index (χ1) is 7.00. The summed E-state index contributed by atoms with van der Waals surface area (Å²) in [6.45, 7) is 0. The van der Waals surface area contributed by atoms with E-state index in [0.29, 0.717) is 11.5 Å². The Morgan fingerprint density at radius 1 is 1.47 bits per heavy atom.